The molecule has 31 nitrogen and oxygen atoms in total. The molecule has 0 radical (unpaired) electrons. The molecule has 564 valence electrons. The lowest BCUT2D eigenvalue weighted by Crippen LogP contribution is -2.64. The van der Waals surface area contributed by atoms with Gasteiger partial charge in [-0.1, -0.05) is 110 Å². The summed E-state index contributed by atoms with van der Waals surface area (Å²) in [5, 5.41) is 86.7. The lowest BCUT2D eigenvalue weighted by atomic mass is 9.78. The molecule has 2 saturated carbocycles. The highest BCUT2D eigenvalue weighted by Gasteiger charge is 2.55. The van der Waals surface area contributed by atoms with E-state index in [9.17, 15) is 59.0 Å². The Morgan fingerprint density at radius 1 is 0.731 bits per heavy atom. The molecule has 2 aliphatic carbocycles. The van der Waals surface area contributed by atoms with E-state index in [-0.39, 0.29) is 93.9 Å². The second-order valence-corrected chi connectivity index (χ2v) is 26.3. The minimum atomic E-state index is -3.11. The predicted octanol–water partition coefficient (Wildman–Crippen LogP) is 3.95. The van der Waals surface area contributed by atoms with Gasteiger partial charge in [-0.2, -0.15) is 0 Å². The summed E-state index contributed by atoms with van der Waals surface area (Å²) in [4.78, 5) is 67.8. The van der Waals surface area contributed by atoms with Crippen LogP contribution in [0.3, 0.4) is 0 Å². The van der Waals surface area contributed by atoms with Crippen molar-refractivity contribution in [2.45, 2.75) is 170 Å². The summed E-state index contributed by atoms with van der Waals surface area (Å²) < 4.78 is 116. The first-order chi connectivity index (χ1) is 49.8. The Morgan fingerprint density at radius 2 is 1.42 bits per heavy atom. The predicted molar refractivity (Wildman–Crippen MR) is 364 cm³/mol. The minimum absolute atomic E-state index is 0.00599. The zero-order chi connectivity index (χ0) is 75.0. The molecule has 2 saturated heterocycles. The first-order valence-corrected chi connectivity index (χ1v) is 35.7. The first kappa shape index (κ1) is 81.2. The number of fused-ring (bicyclic) bond motifs is 1. The van der Waals surface area contributed by atoms with E-state index in [2.05, 4.69) is 57.5 Å². The van der Waals surface area contributed by atoms with Crippen LogP contribution in [0.1, 0.15) is 98.7 Å². The number of hydrogen-bond donors (Lipinski definition) is 9. The first-order valence-electron chi connectivity index (χ1n) is 33.7. The quantitative estimate of drug-likeness (QED) is 0.0228. The van der Waals surface area contributed by atoms with Crippen molar-refractivity contribution < 1.29 is 122 Å². The number of carboxylic acids is 1. The number of rotatable bonds is 30. The van der Waals surface area contributed by atoms with Gasteiger partial charge in [-0.05, 0) is 104 Å². The number of aryl methyl sites for hydroxylation is 1. The highest BCUT2D eigenvalue weighted by Crippen LogP contribution is 2.42. The van der Waals surface area contributed by atoms with Crippen LogP contribution < -0.4 is 16.0 Å². The zero-order valence-electron chi connectivity index (χ0n) is 56.8. The molecule has 14 unspecified atom stereocenters. The second kappa shape index (κ2) is 40.1. The molecule has 1 aromatic heterocycles. The fourth-order valence-electron chi connectivity index (χ4n) is 13.0. The Kier molecular flexibility index (Phi) is 31.4. The molecule has 0 spiro atoms. The number of carbonyl (C=O) groups excluding carboxylic acids is 4. The zero-order valence-corrected chi connectivity index (χ0v) is 58.4. The molecule has 34 heteroatoms. The van der Waals surface area contributed by atoms with Crippen molar-refractivity contribution in [1.29, 1.82) is 0 Å². The Balaban J connectivity index is 0.00000163. The maximum absolute atomic E-state index is 14.7. The third kappa shape index (κ3) is 24.0. The van der Waals surface area contributed by atoms with E-state index in [1.54, 1.807) is 30.3 Å². The Labute approximate surface area is 600 Å². The average molecular weight is 1490 g/mol. The Bertz CT molecular complexity index is 4030. The molecule has 104 heavy (non-hydrogen) atoms. The SMILES string of the molecule is Cc1cc(NCc2cccc(NC(=O)COCCOCC(=O)NCCCC(=O)C3CC(OC4OC(CO)C(O)C(O[C@@H](CC5CCCCC5)C(=O)O)C4OC(=O)c4ccccc4)C(OC4OC(C)C(O)C(O)C4O)C(n4cc(-c5cccc(F)c5)nn4)C3)c2)c2ccccc2c1.O=S(=O)=O.O=S(=O)=O. The molecule has 9 N–H and O–H groups in total. The fourth-order valence-corrected chi connectivity index (χ4v) is 13.0. The minimum Gasteiger partial charge on any atom is -0.479 e. The summed E-state index contributed by atoms with van der Waals surface area (Å²) in [5.74, 6) is -5.03. The van der Waals surface area contributed by atoms with Gasteiger partial charge < -0.3 is 84.5 Å². The molecular formula is C70H85FN6O25S2. The normalized spacial score (nSPS) is 25.0. The second-order valence-electron chi connectivity index (χ2n) is 25.5. The van der Waals surface area contributed by atoms with Gasteiger partial charge in [0.25, 0.3) is 0 Å². The van der Waals surface area contributed by atoms with E-state index < -0.39 is 143 Å². The largest absolute Gasteiger partial charge is 0.479 e. The maximum atomic E-state index is 14.7. The number of ether oxygens (including phenoxy) is 8. The van der Waals surface area contributed by atoms with Gasteiger partial charge in [0, 0.05) is 47.8 Å². The number of Topliss-reactive ketones (excluding diaryl/α,β-unsaturated/α-hetero) is 1. The van der Waals surface area contributed by atoms with Crippen LogP contribution >= 0.6 is 0 Å². The molecular weight excluding hydrogens is 1410 g/mol. The van der Waals surface area contributed by atoms with Crippen molar-refractivity contribution >= 4 is 72.9 Å². The van der Waals surface area contributed by atoms with Crippen molar-refractivity contribution in [3.8, 4) is 11.3 Å². The molecule has 6 aromatic rings. The van der Waals surface area contributed by atoms with Crippen LogP contribution in [0, 0.1) is 24.6 Å². The standard InChI is InChI=1S/C70H85FN6O19.2O3S/c1-40-28-45-19-9-10-23-50(45)51(29-40)73-35-43-16-11-22-49(30-43)74-59(81)39-90-27-26-89-38-58(80)72-25-13-24-54(79)47-33-53(77-36-52(75-76-77)46-20-12-21-48(71)32-46)64(96-69-63(85)62(84)60(82)41(2)91-69)55(34-47)93-70-66(95-68(88)44-17-7-4-8-18-44)65(61(83)57(37-78)94-70)92-56(67(86)87)31-42-14-5-3-6-15-42;2*1-4(2)3/h4,7-12,16-23,28-30,32,36,41-42,47,53,55-57,60-66,69-70,73,78,82-85H,3,5-6,13-15,24-27,31,33-35,37-39H2,1-2H3,(H,72,80)(H,74,81)(H,86,87);;/t41?,47?,53?,55?,56-,57?,60?,61?,62?,63?,64?,65?,66?,69?,70?;;/m0../s1. The molecule has 3 heterocycles. The van der Waals surface area contributed by atoms with Crippen molar-refractivity contribution in [2.75, 3.05) is 50.2 Å². The van der Waals surface area contributed by atoms with Gasteiger partial charge in [0.1, 0.15) is 73.2 Å². The number of aliphatic carboxylic acids is 1. The van der Waals surface area contributed by atoms with E-state index in [0.29, 0.717) is 17.8 Å². The summed E-state index contributed by atoms with van der Waals surface area (Å²) in [7, 11) is -6.22. The Hall–Kier alpha value is -8.46. The summed E-state index contributed by atoms with van der Waals surface area (Å²) in [5.41, 5.74) is 4.30. The molecule has 15 atom stereocenters. The molecule has 5 aromatic carbocycles. The van der Waals surface area contributed by atoms with Crippen molar-refractivity contribution in [2.24, 2.45) is 11.8 Å². The summed E-state index contributed by atoms with van der Waals surface area (Å²) >= 11 is 0. The van der Waals surface area contributed by atoms with Gasteiger partial charge in [0.15, 0.2) is 24.8 Å². The summed E-state index contributed by atoms with van der Waals surface area (Å²) in [6, 6.07) is 32.1. The third-order valence-electron chi connectivity index (χ3n) is 18.0. The highest BCUT2D eigenvalue weighted by molar-refractivity contribution is 7.59. The van der Waals surface area contributed by atoms with Gasteiger partial charge in [-0.25, -0.2) is 18.7 Å². The lowest BCUT2D eigenvalue weighted by molar-refractivity contribution is -0.348. The molecule has 0 bridgehead atoms. The number of ketones is 1. The van der Waals surface area contributed by atoms with Crippen LogP contribution in [0.5, 0.6) is 0 Å². The number of halogens is 1. The number of hydrogen-bond acceptors (Lipinski definition) is 27. The fraction of sp³-hybridized carbons (Fsp3) is 0.500. The molecule has 4 aliphatic rings. The van der Waals surface area contributed by atoms with Crippen LogP contribution in [0.25, 0.3) is 22.0 Å². The van der Waals surface area contributed by atoms with Crippen molar-refractivity contribution in [3.05, 3.63) is 144 Å². The van der Waals surface area contributed by atoms with E-state index >= 15 is 0 Å². The number of amides is 2. The highest BCUT2D eigenvalue weighted by atomic mass is 32.2. The molecule has 2 aliphatic heterocycles. The van der Waals surface area contributed by atoms with Crippen molar-refractivity contribution in [3.63, 3.8) is 0 Å². The molecule has 4 fully saturated rings. The lowest BCUT2D eigenvalue weighted by Gasteiger charge is -2.48. The number of benzene rings is 5. The topological polar surface area (TPSA) is 450 Å². The molecule has 2 amide bonds. The van der Waals surface area contributed by atoms with Gasteiger partial charge in [-0.3, -0.25) is 14.4 Å². The smallest absolute Gasteiger partial charge is 0.425 e. The van der Waals surface area contributed by atoms with Crippen LogP contribution in [0.2, 0.25) is 0 Å². The number of aromatic nitrogens is 3. The van der Waals surface area contributed by atoms with Crippen LogP contribution in [-0.4, -0.2) is 220 Å². The van der Waals surface area contributed by atoms with Gasteiger partial charge in [0.05, 0.1) is 49.8 Å². The summed E-state index contributed by atoms with van der Waals surface area (Å²) in [6.07, 6.45) is -15.5. The third-order valence-corrected chi connectivity index (χ3v) is 18.0. The number of esters is 1. The van der Waals surface area contributed by atoms with Gasteiger partial charge in [-0.15, -0.1) is 30.4 Å². The van der Waals surface area contributed by atoms with E-state index in [1.165, 1.54) is 48.1 Å². The molecule has 10 rings (SSSR count). The Morgan fingerprint density at radius 3 is 2.12 bits per heavy atom. The number of carboxylic acid groups (broad SMARTS) is 1. The van der Waals surface area contributed by atoms with Crippen molar-refractivity contribution in [1.82, 2.24) is 20.3 Å². The van der Waals surface area contributed by atoms with E-state index in [1.807, 2.05) is 30.3 Å². The number of nitrogens with one attached hydrogen (secondary N) is 3. The number of carbonyl (C=O) groups is 5. The number of aliphatic hydroxyl groups excluding tert-OH is 5. The monoisotopic (exact) mass is 1490 g/mol. The number of anilines is 2. The van der Waals surface area contributed by atoms with E-state index in [4.69, 9.17) is 63.1 Å². The summed E-state index contributed by atoms with van der Waals surface area (Å²) in [6.45, 7) is 2.61. The van der Waals surface area contributed by atoms with Gasteiger partial charge in [0.2, 0.25) is 11.8 Å². The number of nitrogens with zero attached hydrogens (tertiary/aromatic N) is 3. The average Bonchev–Trinajstić information content (AvgIpc) is 1.66. The van der Waals surface area contributed by atoms with Crippen LogP contribution in [-0.2, 0) is 84.8 Å². The van der Waals surface area contributed by atoms with Crippen LogP contribution in [0.4, 0.5) is 15.8 Å². The van der Waals surface area contributed by atoms with E-state index in [0.717, 1.165) is 59.7 Å². The van der Waals surface area contributed by atoms with Gasteiger partial charge >= 0.3 is 33.2 Å². The number of aliphatic hydroxyl groups is 5. The maximum Gasteiger partial charge on any atom is 0.425 e. The van der Waals surface area contributed by atoms with Crippen LogP contribution in [0.15, 0.2) is 121 Å².